The topological polar surface area (TPSA) is 36.3 Å². The summed E-state index contributed by atoms with van der Waals surface area (Å²) >= 11 is 0. The molecule has 1 heterocycles. The number of hydrogen-bond donors (Lipinski definition) is 0. The van der Waals surface area contributed by atoms with Crippen LogP contribution in [0, 0.1) is 6.92 Å². The molecule has 4 nitrogen and oxygen atoms in total. The quantitative estimate of drug-likeness (QED) is 0.866. The standard InChI is InChI=1S/C17H22N2O2/c1-12-18-14-6-4-5-7-15(14)19(12)11-13-8-9-16(20-2)17(10-13)21-3/h8-10H,4-7,11H2,1-3H3. The molecule has 0 fully saturated rings. The zero-order valence-corrected chi connectivity index (χ0v) is 13.0. The van der Waals surface area contributed by atoms with Crippen LogP contribution in [0.2, 0.25) is 0 Å². The summed E-state index contributed by atoms with van der Waals surface area (Å²) in [5, 5.41) is 0. The maximum absolute atomic E-state index is 5.39. The van der Waals surface area contributed by atoms with Crippen molar-refractivity contribution in [2.45, 2.75) is 39.2 Å². The van der Waals surface area contributed by atoms with Crippen molar-refractivity contribution in [3.63, 3.8) is 0 Å². The second-order valence-electron chi connectivity index (χ2n) is 5.53. The minimum Gasteiger partial charge on any atom is -0.493 e. The first-order chi connectivity index (χ1) is 10.2. The number of imidazole rings is 1. The van der Waals surface area contributed by atoms with Crippen LogP contribution in [0.1, 0.15) is 35.6 Å². The van der Waals surface area contributed by atoms with Gasteiger partial charge in [0.2, 0.25) is 0 Å². The summed E-state index contributed by atoms with van der Waals surface area (Å²) in [6.07, 6.45) is 4.79. The van der Waals surface area contributed by atoms with Gasteiger partial charge in [0, 0.05) is 12.2 Å². The lowest BCUT2D eigenvalue weighted by atomic mass is 10.0. The third-order valence-corrected chi connectivity index (χ3v) is 4.21. The summed E-state index contributed by atoms with van der Waals surface area (Å²) in [6, 6.07) is 6.11. The van der Waals surface area contributed by atoms with Gasteiger partial charge in [0.05, 0.1) is 19.9 Å². The Morgan fingerprint density at radius 1 is 1.10 bits per heavy atom. The average molecular weight is 286 g/mol. The van der Waals surface area contributed by atoms with Crippen LogP contribution in [0.5, 0.6) is 11.5 Å². The maximum Gasteiger partial charge on any atom is 0.161 e. The average Bonchev–Trinajstić information content (AvgIpc) is 2.83. The molecule has 0 bridgehead atoms. The van der Waals surface area contributed by atoms with Gasteiger partial charge in [-0.15, -0.1) is 0 Å². The molecule has 0 aliphatic heterocycles. The first-order valence-electron chi connectivity index (χ1n) is 7.48. The van der Waals surface area contributed by atoms with E-state index in [0.29, 0.717) is 0 Å². The second kappa shape index (κ2) is 5.80. The van der Waals surface area contributed by atoms with E-state index in [9.17, 15) is 0 Å². The Labute approximate surface area is 125 Å². The van der Waals surface area contributed by atoms with Gasteiger partial charge < -0.3 is 14.0 Å². The minimum absolute atomic E-state index is 0.769. The predicted octanol–water partition coefficient (Wildman–Crippen LogP) is 3.14. The van der Waals surface area contributed by atoms with E-state index in [1.54, 1.807) is 14.2 Å². The number of hydrogen-bond acceptors (Lipinski definition) is 3. The summed E-state index contributed by atoms with van der Waals surface area (Å²) < 4.78 is 13.0. The Kier molecular flexibility index (Phi) is 3.86. The molecule has 112 valence electrons. The molecule has 1 aromatic heterocycles. The third-order valence-electron chi connectivity index (χ3n) is 4.21. The van der Waals surface area contributed by atoms with Gasteiger partial charge in [0.1, 0.15) is 5.82 Å². The highest BCUT2D eigenvalue weighted by Crippen LogP contribution is 2.29. The van der Waals surface area contributed by atoms with E-state index in [1.807, 2.05) is 12.1 Å². The molecular weight excluding hydrogens is 264 g/mol. The fourth-order valence-corrected chi connectivity index (χ4v) is 3.11. The number of aromatic nitrogens is 2. The number of methoxy groups -OCH3 is 2. The largest absolute Gasteiger partial charge is 0.493 e. The van der Waals surface area contributed by atoms with Gasteiger partial charge in [0.25, 0.3) is 0 Å². The highest BCUT2D eigenvalue weighted by Gasteiger charge is 2.18. The molecule has 0 atom stereocenters. The highest BCUT2D eigenvalue weighted by molar-refractivity contribution is 5.43. The van der Waals surface area contributed by atoms with E-state index in [4.69, 9.17) is 14.5 Å². The van der Waals surface area contributed by atoms with Crippen molar-refractivity contribution in [2.24, 2.45) is 0 Å². The molecule has 0 saturated carbocycles. The number of nitrogens with zero attached hydrogens (tertiary/aromatic N) is 2. The molecular formula is C17H22N2O2. The molecule has 4 heteroatoms. The Bertz CT molecular complexity index is 646. The van der Waals surface area contributed by atoms with E-state index in [2.05, 4.69) is 17.6 Å². The fraction of sp³-hybridized carbons (Fsp3) is 0.471. The Morgan fingerprint density at radius 2 is 1.86 bits per heavy atom. The second-order valence-corrected chi connectivity index (χ2v) is 5.53. The zero-order chi connectivity index (χ0) is 14.8. The fourth-order valence-electron chi connectivity index (χ4n) is 3.11. The number of aryl methyl sites for hydroxylation is 2. The van der Waals surface area contributed by atoms with Crippen LogP contribution >= 0.6 is 0 Å². The van der Waals surface area contributed by atoms with Gasteiger partial charge >= 0.3 is 0 Å². The minimum atomic E-state index is 0.769. The smallest absolute Gasteiger partial charge is 0.161 e. The van der Waals surface area contributed by atoms with Crippen molar-refractivity contribution in [2.75, 3.05) is 14.2 Å². The molecule has 0 amide bonds. The molecule has 0 spiro atoms. The lowest BCUT2D eigenvalue weighted by Gasteiger charge is -2.16. The van der Waals surface area contributed by atoms with E-state index in [-0.39, 0.29) is 0 Å². The molecule has 1 aliphatic carbocycles. The summed E-state index contributed by atoms with van der Waals surface area (Å²) in [4.78, 5) is 4.73. The van der Waals surface area contributed by atoms with Crippen molar-refractivity contribution >= 4 is 0 Å². The van der Waals surface area contributed by atoms with Crippen LogP contribution in [0.3, 0.4) is 0 Å². The molecule has 1 aliphatic rings. The molecule has 3 rings (SSSR count). The van der Waals surface area contributed by atoms with Crippen LogP contribution in [0.25, 0.3) is 0 Å². The van der Waals surface area contributed by atoms with E-state index >= 15 is 0 Å². The number of ether oxygens (including phenoxy) is 2. The van der Waals surface area contributed by atoms with Crippen LogP contribution < -0.4 is 9.47 Å². The SMILES string of the molecule is COc1ccc(Cn2c(C)nc3c2CCCC3)cc1OC. The van der Waals surface area contributed by atoms with E-state index in [1.165, 1.54) is 29.8 Å². The lowest BCUT2D eigenvalue weighted by Crippen LogP contribution is -2.10. The molecule has 0 radical (unpaired) electrons. The van der Waals surface area contributed by atoms with Crippen LogP contribution in [0.4, 0.5) is 0 Å². The first kappa shape index (κ1) is 14.0. The molecule has 0 saturated heterocycles. The molecule has 21 heavy (non-hydrogen) atoms. The molecule has 2 aromatic rings. The third kappa shape index (κ3) is 2.62. The monoisotopic (exact) mass is 286 g/mol. The summed E-state index contributed by atoms with van der Waals surface area (Å²) in [5.41, 5.74) is 3.91. The normalized spacial score (nSPS) is 13.9. The van der Waals surface area contributed by atoms with E-state index < -0.39 is 0 Å². The lowest BCUT2D eigenvalue weighted by molar-refractivity contribution is 0.354. The molecule has 1 aromatic carbocycles. The van der Waals surface area contributed by atoms with Gasteiger partial charge in [-0.3, -0.25) is 0 Å². The number of rotatable bonds is 4. The molecule has 0 N–H and O–H groups in total. The highest BCUT2D eigenvalue weighted by atomic mass is 16.5. The Hall–Kier alpha value is -1.97. The van der Waals surface area contributed by atoms with Crippen molar-refractivity contribution in [1.82, 2.24) is 9.55 Å². The van der Waals surface area contributed by atoms with Crippen molar-refractivity contribution in [1.29, 1.82) is 0 Å². The number of fused-ring (bicyclic) bond motifs is 1. The van der Waals surface area contributed by atoms with Crippen molar-refractivity contribution in [3.05, 3.63) is 41.0 Å². The summed E-state index contributed by atoms with van der Waals surface area (Å²) in [5.74, 6) is 2.66. The van der Waals surface area contributed by atoms with E-state index in [0.717, 1.165) is 36.7 Å². The van der Waals surface area contributed by atoms with Crippen LogP contribution in [-0.4, -0.2) is 23.8 Å². The maximum atomic E-state index is 5.39. The first-order valence-corrected chi connectivity index (χ1v) is 7.48. The zero-order valence-electron chi connectivity index (χ0n) is 13.0. The van der Waals surface area contributed by atoms with Gasteiger partial charge in [-0.2, -0.15) is 0 Å². The summed E-state index contributed by atoms with van der Waals surface area (Å²) in [6.45, 7) is 2.94. The van der Waals surface area contributed by atoms with Crippen LogP contribution in [0.15, 0.2) is 18.2 Å². The van der Waals surface area contributed by atoms with Crippen LogP contribution in [-0.2, 0) is 19.4 Å². The van der Waals surface area contributed by atoms with Crippen molar-refractivity contribution in [3.8, 4) is 11.5 Å². The summed E-state index contributed by atoms with van der Waals surface area (Å²) in [7, 11) is 3.33. The van der Waals surface area contributed by atoms with Gasteiger partial charge in [-0.25, -0.2) is 4.98 Å². The predicted molar refractivity (Wildman–Crippen MR) is 82.3 cm³/mol. The van der Waals surface area contributed by atoms with Gasteiger partial charge in [0.15, 0.2) is 11.5 Å². The van der Waals surface area contributed by atoms with Gasteiger partial charge in [-0.1, -0.05) is 6.07 Å². The molecule has 0 unspecified atom stereocenters. The van der Waals surface area contributed by atoms with Gasteiger partial charge in [-0.05, 0) is 50.3 Å². The number of benzene rings is 1. The van der Waals surface area contributed by atoms with Crippen molar-refractivity contribution < 1.29 is 9.47 Å². The Balaban J connectivity index is 1.92. The Morgan fingerprint density at radius 3 is 2.62 bits per heavy atom.